The highest BCUT2D eigenvalue weighted by atomic mass is 16.5. The molecule has 0 aromatic heterocycles. The van der Waals surface area contributed by atoms with Crippen molar-refractivity contribution in [3.63, 3.8) is 0 Å². The van der Waals surface area contributed by atoms with Crippen LogP contribution in [0.15, 0.2) is 30.3 Å². The summed E-state index contributed by atoms with van der Waals surface area (Å²) in [5.41, 5.74) is 1.25. The van der Waals surface area contributed by atoms with Crippen molar-refractivity contribution in [1.82, 2.24) is 4.90 Å². The Balaban J connectivity index is 1.63. The number of hydrogen-bond donors (Lipinski definition) is 1. The topological polar surface area (TPSA) is 49.8 Å². The molecule has 1 saturated heterocycles. The van der Waals surface area contributed by atoms with Gasteiger partial charge in [0.1, 0.15) is 0 Å². The van der Waals surface area contributed by atoms with Crippen LogP contribution in [-0.2, 0) is 14.9 Å². The van der Waals surface area contributed by atoms with Crippen LogP contribution in [-0.4, -0.2) is 47.8 Å². The molecule has 2 aliphatic rings. The third kappa shape index (κ3) is 4.24. The van der Waals surface area contributed by atoms with Crippen molar-refractivity contribution in [3.8, 4) is 0 Å². The van der Waals surface area contributed by atoms with Gasteiger partial charge in [0, 0.05) is 18.9 Å². The van der Waals surface area contributed by atoms with Crippen molar-refractivity contribution in [2.24, 2.45) is 5.92 Å². The summed E-state index contributed by atoms with van der Waals surface area (Å²) in [5, 5.41) is 10.3. The largest absolute Gasteiger partial charge is 0.393 e. The molecule has 0 radical (unpaired) electrons. The van der Waals surface area contributed by atoms with E-state index in [0.717, 1.165) is 25.7 Å². The quantitative estimate of drug-likeness (QED) is 0.892. The first-order valence-electron chi connectivity index (χ1n) is 9.60. The van der Waals surface area contributed by atoms with Gasteiger partial charge in [0.05, 0.1) is 25.4 Å². The monoisotopic (exact) mass is 345 g/mol. The summed E-state index contributed by atoms with van der Waals surface area (Å²) in [6.07, 6.45) is 3.97. The van der Waals surface area contributed by atoms with Crippen LogP contribution in [0, 0.1) is 5.92 Å². The van der Waals surface area contributed by atoms with E-state index >= 15 is 0 Å². The van der Waals surface area contributed by atoms with Gasteiger partial charge in [-0.2, -0.15) is 0 Å². The Labute approximate surface area is 151 Å². The van der Waals surface area contributed by atoms with Crippen molar-refractivity contribution in [3.05, 3.63) is 35.9 Å². The van der Waals surface area contributed by atoms with E-state index < -0.39 is 0 Å². The van der Waals surface area contributed by atoms with E-state index in [1.54, 1.807) is 0 Å². The lowest BCUT2D eigenvalue weighted by Gasteiger charge is -2.40. The molecule has 3 rings (SSSR count). The van der Waals surface area contributed by atoms with Crippen LogP contribution >= 0.6 is 0 Å². The van der Waals surface area contributed by atoms with Crippen LogP contribution < -0.4 is 0 Å². The van der Waals surface area contributed by atoms with Crippen LogP contribution in [0.4, 0.5) is 0 Å². The Bertz CT molecular complexity index is 572. The first-order valence-corrected chi connectivity index (χ1v) is 9.60. The van der Waals surface area contributed by atoms with Crippen LogP contribution in [0.2, 0.25) is 0 Å². The summed E-state index contributed by atoms with van der Waals surface area (Å²) in [6.45, 7) is 6.22. The first-order chi connectivity index (χ1) is 12.0. The zero-order chi connectivity index (χ0) is 17.9. The van der Waals surface area contributed by atoms with Gasteiger partial charge in [-0.15, -0.1) is 0 Å². The van der Waals surface area contributed by atoms with E-state index in [1.165, 1.54) is 5.56 Å². The predicted molar refractivity (Wildman–Crippen MR) is 98.4 cm³/mol. The molecule has 1 N–H and O–H groups in total. The molecule has 0 unspecified atom stereocenters. The molecule has 1 amide bonds. The third-order valence-electron chi connectivity index (χ3n) is 6.03. The lowest BCUT2D eigenvalue weighted by atomic mass is 9.80. The minimum absolute atomic E-state index is 0.0222. The second-order valence-corrected chi connectivity index (χ2v) is 8.14. The molecule has 1 aliphatic heterocycles. The fraction of sp³-hybridized carbons (Fsp3) is 0.667. The second kappa shape index (κ2) is 7.88. The maximum absolute atomic E-state index is 12.9. The molecule has 4 nitrogen and oxygen atoms in total. The number of hydrogen-bond acceptors (Lipinski definition) is 3. The van der Waals surface area contributed by atoms with Gasteiger partial charge >= 0.3 is 0 Å². The zero-order valence-corrected chi connectivity index (χ0v) is 15.5. The van der Waals surface area contributed by atoms with Crippen molar-refractivity contribution < 1.29 is 14.6 Å². The Morgan fingerprint density at radius 3 is 2.72 bits per heavy atom. The Morgan fingerprint density at radius 2 is 2.04 bits per heavy atom. The molecule has 1 aromatic carbocycles. The first kappa shape index (κ1) is 18.4. The summed E-state index contributed by atoms with van der Waals surface area (Å²) in [7, 11) is 0. The minimum Gasteiger partial charge on any atom is -0.393 e. The highest BCUT2D eigenvalue weighted by Crippen LogP contribution is 2.33. The summed E-state index contributed by atoms with van der Waals surface area (Å²) in [4.78, 5) is 14.9. The molecule has 2 fully saturated rings. The highest BCUT2D eigenvalue weighted by Gasteiger charge is 2.39. The lowest BCUT2D eigenvalue weighted by molar-refractivity contribution is -0.144. The van der Waals surface area contributed by atoms with Crippen LogP contribution in [0.25, 0.3) is 0 Å². The number of carbonyl (C=O) groups excluding carboxylic acids is 1. The van der Waals surface area contributed by atoms with Gasteiger partial charge in [-0.1, -0.05) is 50.6 Å². The fourth-order valence-corrected chi connectivity index (χ4v) is 4.30. The predicted octanol–water partition coefficient (Wildman–Crippen LogP) is 3.13. The zero-order valence-electron chi connectivity index (χ0n) is 15.5. The molecule has 1 heterocycles. The number of benzene rings is 1. The summed E-state index contributed by atoms with van der Waals surface area (Å²) in [5.74, 6) is 0.378. The number of nitrogens with zero attached hydrogens (tertiary/aromatic N) is 1. The highest BCUT2D eigenvalue weighted by molar-refractivity contribution is 5.76. The molecule has 4 heteroatoms. The van der Waals surface area contributed by atoms with Crippen molar-refractivity contribution >= 4 is 5.91 Å². The van der Waals surface area contributed by atoms with Gasteiger partial charge in [0.15, 0.2) is 0 Å². The van der Waals surface area contributed by atoms with Crippen molar-refractivity contribution in [1.29, 1.82) is 0 Å². The number of rotatable bonds is 5. The molecule has 1 saturated carbocycles. The molecular weight excluding hydrogens is 314 g/mol. The Morgan fingerprint density at radius 1 is 1.28 bits per heavy atom. The van der Waals surface area contributed by atoms with Gasteiger partial charge < -0.3 is 14.7 Å². The smallest absolute Gasteiger partial charge is 0.223 e. The molecule has 1 aromatic rings. The molecule has 25 heavy (non-hydrogen) atoms. The van der Waals surface area contributed by atoms with E-state index in [0.29, 0.717) is 26.2 Å². The number of amides is 1. The molecular formula is C21H31NO3. The number of aliphatic hydroxyl groups is 1. The molecule has 1 aliphatic carbocycles. The molecule has 138 valence electrons. The number of morpholine rings is 1. The fourth-order valence-electron chi connectivity index (χ4n) is 4.30. The van der Waals surface area contributed by atoms with Gasteiger partial charge in [-0.25, -0.2) is 0 Å². The Kier molecular flexibility index (Phi) is 5.80. The van der Waals surface area contributed by atoms with Crippen molar-refractivity contribution in [2.75, 3.05) is 19.8 Å². The van der Waals surface area contributed by atoms with E-state index in [-0.39, 0.29) is 29.4 Å². The number of aliphatic hydroxyl groups excluding tert-OH is 1. The summed E-state index contributed by atoms with van der Waals surface area (Å²) >= 11 is 0. The number of ether oxygens (including phenoxy) is 1. The standard InChI is InChI=1S/C21H31NO3/c1-21(2,16-7-4-3-5-8-16)12-11-20(24)22-13-14-25-15-18(22)17-9-6-10-19(17)23/h3-5,7-8,17-19,23H,6,9-15H2,1-2H3/t17-,18+,19-/m0/s1. The van der Waals surface area contributed by atoms with E-state index in [1.807, 2.05) is 11.0 Å². The SMILES string of the molecule is CC(C)(CCC(=O)N1CCOC[C@@H]1[C@@H]1CCC[C@@H]1O)c1ccccc1. The molecule has 0 spiro atoms. The third-order valence-corrected chi connectivity index (χ3v) is 6.03. The van der Waals surface area contributed by atoms with Gasteiger partial charge in [-0.05, 0) is 30.2 Å². The van der Waals surface area contributed by atoms with Gasteiger partial charge in [-0.3, -0.25) is 4.79 Å². The maximum atomic E-state index is 12.9. The summed E-state index contributed by atoms with van der Waals surface area (Å²) in [6, 6.07) is 10.4. The van der Waals surface area contributed by atoms with Crippen LogP contribution in [0.1, 0.15) is 51.5 Å². The second-order valence-electron chi connectivity index (χ2n) is 8.14. The summed E-state index contributed by atoms with van der Waals surface area (Å²) < 4.78 is 5.63. The average Bonchev–Trinajstić information content (AvgIpc) is 3.06. The van der Waals surface area contributed by atoms with Crippen LogP contribution in [0.3, 0.4) is 0 Å². The van der Waals surface area contributed by atoms with Gasteiger partial charge in [0.25, 0.3) is 0 Å². The normalized spacial score (nSPS) is 27.5. The van der Waals surface area contributed by atoms with Gasteiger partial charge in [0.2, 0.25) is 5.91 Å². The van der Waals surface area contributed by atoms with Crippen LogP contribution in [0.5, 0.6) is 0 Å². The molecule has 3 atom stereocenters. The van der Waals surface area contributed by atoms with E-state index in [2.05, 4.69) is 38.1 Å². The minimum atomic E-state index is -0.289. The lowest BCUT2D eigenvalue weighted by Crippen LogP contribution is -2.53. The maximum Gasteiger partial charge on any atom is 0.223 e. The van der Waals surface area contributed by atoms with Crippen molar-refractivity contribution in [2.45, 2.75) is 63.5 Å². The molecule has 0 bridgehead atoms. The average molecular weight is 345 g/mol. The van der Waals surface area contributed by atoms with E-state index in [4.69, 9.17) is 4.74 Å². The van der Waals surface area contributed by atoms with E-state index in [9.17, 15) is 9.90 Å². The number of carbonyl (C=O) groups is 1. The Hall–Kier alpha value is -1.39.